The van der Waals surface area contributed by atoms with Gasteiger partial charge >= 0.3 is 0 Å². The van der Waals surface area contributed by atoms with Crippen LogP contribution in [-0.4, -0.2) is 0 Å². The van der Waals surface area contributed by atoms with Gasteiger partial charge in [0.2, 0.25) is 0 Å². The maximum atomic E-state index is 2.54. The highest BCUT2D eigenvalue weighted by Crippen LogP contribution is 2.56. The van der Waals surface area contributed by atoms with Crippen molar-refractivity contribution in [3.05, 3.63) is 174 Å². The second-order valence-corrected chi connectivity index (χ2v) is 16.9. The van der Waals surface area contributed by atoms with Gasteiger partial charge in [-0.2, -0.15) is 0 Å². The highest BCUT2D eigenvalue weighted by molar-refractivity contribution is 5.97. The largest absolute Gasteiger partial charge is 0.310 e. The summed E-state index contributed by atoms with van der Waals surface area (Å²) >= 11 is 0. The highest BCUT2D eigenvalue weighted by atomic mass is 15.1. The minimum absolute atomic E-state index is 0.0417. The summed E-state index contributed by atoms with van der Waals surface area (Å²) in [5.74, 6) is 0. The van der Waals surface area contributed by atoms with Crippen molar-refractivity contribution >= 4 is 27.8 Å². The lowest BCUT2D eigenvalue weighted by Gasteiger charge is -2.43. The molecule has 7 aromatic carbocycles. The average molecular weight is 674 g/mol. The van der Waals surface area contributed by atoms with Crippen molar-refractivity contribution in [2.45, 2.75) is 70.6 Å². The normalized spacial score (nSPS) is 16.2. The number of benzene rings is 7. The van der Waals surface area contributed by atoms with Crippen LogP contribution in [0.4, 0.5) is 17.1 Å². The Morgan fingerprint density at radius 2 is 1.02 bits per heavy atom. The number of nitrogens with zero attached hydrogens (tertiary/aromatic N) is 1. The van der Waals surface area contributed by atoms with Crippen LogP contribution in [0.15, 0.2) is 152 Å². The molecule has 0 spiro atoms. The molecule has 7 aromatic rings. The van der Waals surface area contributed by atoms with Crippen LogP contribution < -0.4 is 4.90 Å². The number of rotatable bonds is 5. The Balaban J connectivity index is 1.36. The van der Waals surface area contributed by atoms with Gasteiger partial charge in [0.15, 0.2) is 0 Å². The molecule has 0 fully saturated rings. The van der Waals surface area contributed by atoms with E-state index in [-0.39, 0.29) is 16.2 Å². The fourth-order valence-electron chi connectivity index (χ4n) is 9.27. The van der Waals surface area contributed by atoms with E-state index in [4.69, 9.17) is 0 Å². The molecule has 0 saturated carbocycles. The molecule has 0 heterocycles. The van der Waals surface area contributed by atoms with Crippen molar-refractivity contribution in [1.29, 1.82) is 0 Å². The fourth-order valence-corrected chi connectivity index (χ4v) is 9.27. The summed E-state index contributed by atoms with van der Waals surface area (Å²) in [5.41, 5.74) is 17.1. The molecule has 2 aliphatic carbocycles. The van der Waals surface area contributed by atoms with Crippen LogP contribution in [0, 0.1) is 0 Å². The van der Waals surface area contributed by atoms with E-state index in [9.17, 15) is 0 Å². The van der Waals surface area contributed by atoms with Crippen LogP contribution >= 0.6 is 0 Å². The van der Waals surface area contributed by atoms with E-state index in [2.05, 4.69) is 198 Å². The summed E-state index contributed by atoms with van der Waals surface area (Å²) in [4.78, 5) is 2.52. The molecule has 256 valence electrons. The van der Waals surface area contributed by atoms with Gasteiger partial charge in [0.05, 0.1) is 5.69 Å². The molecule has 0 aliphatic heterocycles. The fraction of sp³-hybridized carbons (Fsp3) is 0.216. The molecule has 52 heavy (non-hydrogen) atoms. The predicted molar refractivity (Wildman–Crippen MR) is 222 cm³/mol. The molecular weight excluding hydrogens is 627 g/mol. The Morgan fingerprint density at radius 1 is 0.404 bits per heavy atom. The maximum Gasteiger partial charge on any atom is 0.0543 e. The monoisotopic (exact) mass is 673 g/mol. The molecule has 2 aliphatic rings. The van der Waals surface area contributed by atoms with Gasteiger partial charge in [0.1, 0.15) is 0 Å². The van der Waals surface area contributed by atoms with Crippen molar-refractivity contribution in [2.75, 3.05) is 4.90 Å². The summed E-state index contributed by atoms with van der Waals surface area (Å²) in [7, 11) is 0. The lowest BCUT2D eigenvalue weighted by Crippen LogP contribution is -2.34. The van der Waals surface area contributed by atoms with E-state index in [0.29, 0.717) is 0 Å². The average Bonchev–Trinajstić information content (AvgIpc) is 3.39. The minimum Gasteiger partial charge on any atom is -0.310 e. The topological polar surface area (TPSA) is 3.24 Å². The van der Waals surface area contributed by atoms with Gasteiger partial charge in [-0.25, -0.2) is 0 Å². The van der Waals surface area contributed by atoms with Gasteiger partial charge in [0.25, 0.3) is 0 Å². The molecule has 0 atom stereocenters. The second-order valence-electron chi connectivity index (χ2n) is 16.9. The SMILES string of the molecule is CC1(C)CCC(C)(C)c2c(-c3cc4c(cc3N(c3ccc(-c5ccccc5)cc3)c3ccc5ccccc5c3)C(C)(C)c3ccccc3-4)cccc21. The number of hydrogen-bond donors (Lipinski definition) is 0. The van der Waals surface area contributed by atoms with Crippen LogP contribution in [0.25, 0.3) is 44.2 Å². The van der Waals surface area contributed by atoms with Crippen LogP contribution in [0.3, 0.4) is 0 Å². The number of anilines is 3. The Hall–Kier alpha value is -5.40. The molecule has 1 heteroatoms. The first kappa shape index (κ1) is 32.5. The second kappa shape index (κ2) is 11.8. The zero-order valence-electron chi connectivity index (χ0n) is 31.3. The van der Waals surface area contributed by atoms with E-state index in [1.165, 1.54) is 78.5 Å². The standard InChI is InChI=1S/C51H47N/c1-49(2)29-30-50(3,4)48-41(20-14-22-45(48)49)43-32-42-40-19-12-13-21-44(40)51(5,6)46(42)33-47(43)52(39-28-25-35-17-10-11-18-37(35)31-39)38-26-23-36(24-27-38)34-15-8-7-9-16-34/h7-28,31-33H,29-30H2,1-6H3. The van der Waals surface area contributed by atoms with Gasteiger partial charge < -0.3 is 4.90 Å². The Labute approximate surface area is 309 Å². The molecule has 0 bridgehead atoms. The smallest absolute Gasteiger partial charge is 0.0543 e. The van der Waals surface area contributed by atoms with Crippen LogP contribution in [0.5, 0.6) is 0 Å². The molecule has 0 N–H and O–H groups in total. The van der Waals surface area contributed by atoms with Crippen LogP contribution in [0.2, 0.25) is 0 Å². The third-order valence-electron chi connectivity index (χ3n) is 12.3. The molecule has 0 aromatic heterocycles. The third-order valence-corrected chi connectivity index (χ3v) is 12.3. The summed E-state index contributed by atoms with van der Waals surface area (Å²) in [6.07, 6.45) is 2.35. The molecule has 0 radical (unpaired) electrons. The van der Waals surface area contributed by atoms with E-state index in [1.807, 2.05) is 0 Å². The van der Waals surface area contributed by atoms with E-state index < -0.39 is 0 Å². The molecule has 1 nitrogen and oxygen atoms in total. The van der Waals surface area contributed by atoms with Crippen molar-refractivity contribution < 1.29 is 0 Å². The first-order valence-electron chi connectivity index (χ1n) is 18.9. The first-order chi connectivity index (χ1) is 25.0. The zero-order valence-corrected chi connectivity index (χ0v) is 31.3. The zero-order chi connectivity index (χ0) is 35.8. The molecular formula is C51H47N. The Bertz CT molecular complexity index is 2480. The van der Waals surface area contributed by atoms with E-state index >= 15 is 0 Å². The highest BCUT2D eigenvalue weighted by Gasteiger charge is 2.41. The quantitative estimate of drug-likeness (QED) is 0.176. The van der Waals surface area contributed by atoms with Crippen LogP contribution in [0.1, 0.15) is 76.6 Å². The third kappa shape index (κ3) is 5.13. The van der Waals surface area contributed by atoms with Gasteiger partial charge in [-0.05, 0) is 121 Å². The van der Waals surface area contributed by atoms with E-state index in [1.54, 1.807) is 0 Å². The molecule has 0 amide bonds. The van der Waals surface area contributed by atoms with Crippen LogP contribution in [-0.2, 0) is 16.2 Å². The number of fused-ring (bicyclic) bond motifs is 5. The van der Waals surface area contributed by atoms with Gasteiger partial charge in [-0.3, -0.25) is 0 Å². The first-order valence-corrected chi connectivity index (χ1v) is 18.9. The predicted octanol–water partition coefficient (Wildman–Crippen LogP) is 14.3. The van der Waals surface area contributed by atoms with Crippen molar-refractivity contribution in [1.82, 2.24) is 0 Å². The van der Waals surface area contributed by atoms with Gasteiger partial charge in [-0.1, -0.05) is 157 Å². The Morgan fingerprint density at radius 3 is 1.81 bits per heavy atom. The maximum absolute atomic E-state index is 2.54. The minimum atomic E-state index is -0.136. The molecule has 0 unspecified atom stereocenters. The summed E-state index contributed by atoms with van der Waals surface area (Å²) < 4.78 is 0. The van der Waals surface area contributed by atoms with Crippen molar-refractivity contribution in [3.8, 4) is 33.4 Å². The summed E-state index contributed by atoms with van der Waals surface area (Å²) in [6.45, 7) is 14.6. The summed E-state index contributed by atoms with van der Waals surface area (Å²) in [6, 6.07) is 56.7. The van der Waals surface area contributed by atoms with E-state index in [0.717, 1.165) is 17.8 Å². The molecule has 0 saturated heterocycles. The van der Waals surface area contributed by atoms with Gasteiger partial charge in [-0.15, -0.1) is 0 Å². The van der Waals surface area contributed by atoms with Gasteiger partial charge in [0, 0.05) is 22.4 Å². The summed E-state index contributed by atoms with van der Waals surface area (Å²) in [5, 5.41) is 2.49. The van der Waals surface area contributed by atoms with Crippen molar-refractivity contribution in [2.24, 2.45) is 0 Å². The van der Waals surface area contributed by atoms with Crippen molar-refractivity contribution in [3.63, 3.8) is 0 Å². The lowest BCUT2D eigenvalue weighted by molar-refractivity contribution is 0.333. The molecule has 9 rings (SSSR count). The number of hydrogen-bond acceptors (Lipinski definition) is 1. The Kier molecular flexibility index (Phi) is 7.39. The lowest BCUT2D eigenvalue weighted by atomic mass is 9.61.